The Morgan fingerprint density at radius 1 is 0.889 bits per heavy atom. The van der Waals surface area contributed by atoms with E-state index in [2.05, 4.69) is 20.3 Å². The number of rotatable bonds is 11. The lowest BCUT2D eigenvalue weighted by molar-refractivity contribution is 0.103. The summed E-state index contributed by atoms with van der Waals surface area (Å²) < 4.78 is 21.9. The summed E-state index contributed by atoms with van der Waals surface area (Å²) in [6.45, 7) is 0.645. The predicted molar refractivity (Wildman–Crippen MR) is 134 cm³/mol. The number of carbonyl (C=O) groups excluding carboxylic acids is 1. The van der Waals surface area contributed by atoms with Gasteiger partial charge in [-0.05, 0) is 29.8 Å². The number of methoxy groups -OCH3 is 3. The molecule has 0 saturated heterocycles. The average molecular weight is 487 g/mol. The monoisotopic (exact) mass is 486 g/mol. The molecule has 0 aliphatic heterocycles. The van der Waals surface area contributed by atoms with Crippen LogP contribution in [0.5, 0.6) is 23.3 Å². The topological polar surface area (TPSA) is 105 Å². The van der Waals surface area contributed by atoms with Crippen molar-refractivity contribution in [3.63, 3.8) is 0 Å². The first-order valence-corrected chi connectivity index (χ1v) is 11.1. The first-order valence-electron chi connectivity index (χ1n) is 11.1. The number of hydrogen-bond donors (Lipinski definition) is 1. The number of nitrogens with zero attached hydrogens (tertiary/aromatic N) is 3. The molecule has 0 saturated carbocycles. The van der Waals surface area contributed by atoms with Gasteiger partial charge in [0, 0.05) is 24.5 Å². The van der Waals surface area contributed by atoms with Crippen LogP contribution >= 0.6 is 0 Å². The zero-order valence-corrected chi connectivity index (χ0v) is 20.2. The summed E-state index contributed by atoms with van der Waals surface area (Å²) in [4.78, 5) is 26.6. The second kappa shape index (κ2) is 11.7. The number of benzene rings is 2. The highest BCUT2D eigenvalue weighted by Gasteiger charge is 2.22. The molecule has 0 unspecified atom stereocenters. The van der Waals surface area contributed by atoms with Crippen molar-refractivity contribution in [2.45, 2.75) is 13.2 Å². The Kier molecular flexibility index (Phi) is 7.92. The number of ether oxygens (including phenoxy) is 4. The molecule has 0 radical (unpaired) electrons. The highest BCUT2D eigenvalue weighted by atomic mass is 16.5. The highest BCUT2D eigenvalue weighted by Crippen LogP contribution is 2.39. The molecule has 1 N–H and O–H groups in total. The zero-order valence-electron chi connectivity index (χ0n) is 20.2. The Bertz CT molecular complexity index is 1290. The van der Waals surface area contributed by atoms with E-state index in [0.29, 0.717) is 35.2 Å². The van der Waals surface area contributed by atoms with Gasteiger partial charge in [0.1, 0.15) is 12.4 Å². The minimum atomic E-state index is -0.318. The number of pyridine rings is 1. The third-order valence-electron chi connectivity index (χ3n) is 5.32. The van der Waals surface area contributed by atoms with Gasteiger partial charge in [0.15, 0.2) is 17.3 Å². The maximum atomic E-state index is 13.6. The fourth-order valence-electron chi connectivity index (χ4n) is 3.51. The molecule has 0 amide bonds. The number of aromatic nitrogens is 3. The molecule has 0 aliphatic carbocycles. The van der Waals surface area contributed by atoms with E-state index in [1.807, 2.05) is 48.5 Å². The zero-order chi connectivity index (χ0) is 25.3. The van der Waals surface area contributed by atoms with Crippen molar-refractivity contribution in [1.29, 1.82) is 0 Å². The molecule has 0 spiro atoms. The van der Waals surface area contributed by atoms with Crippen LogP contribution < -0.4 is 24.3 Å². The Labute approximate surface area is 209 Å². The van der Waals surface area contributed by atoms with E-state index in [1.54, 1.807) is 18.3 Å². The van der Waals surface area contributed by atoms with Crippen LogP contribution in [-0.2, 0) is 13.2 Å². The third-order valence-corrected chi connectivity index (χ3v) is 5.32. The third kappa shape index (κ3) is 5.69. The van der Waals surface area contributed by atoms with Gasteiger partial charge in [-0.25, -0.2) is 4.98 Å². The Morgan fingerprint density at radius 3 is 2.25 bits per heavy atom. The average Bonchev–Trinajstić information content (AvgIpc) is 2.94. The van der Waals surface area contributed by atoms with Crippen molar-refractivity contribution in [2.75, 3.05) is 26.6 Å². The van der Waals surface area contributed by atoms with Gasteiger partial charge in [0.2, 0.25) is 5.75 Å². The largest absolute Gasteiger partial charge is 0.493 e. The summed E-state index contributed by atoms with van der Waals surface area (Å²) in [6, 6.07) is 18.6. The smallest absolute Gasteiger partial charge is 0.318 e. The number of anilines is 1. The van der Waals surface area contributed by atoms with E-state index in [1.165, 1.54) is 27.5 Å². The van der Waals surface area contributed by atoms with Crippen LogP contribution in [0.15, 0.2) is 73.1 Å². The van der Waals surface area contributed by atoms with E-state index in [0.717, 1.165) is 11.3 Å². The number of ketones is 1. The van der Waals surface area contributed by atoms with Gasteiger partial charge in [-0.1, -0.05) is 36.4 Å². The molecule has 0 atom stereocenters. The van der Waals surface area contributed by atoms with Gasteiger partial charge >= 0.3 is 6.01 Å². The number of hydrogen-bond acceptors (Lipinski definition) is 9. The first-order chi connectivity index (χ1) is 17.6. The van der Waals surface area contributed by atoms with E-state index in [9.17, 15) is 4.79 Å². The van der Waals surface area contributed by atoms with Crippen LogP contribution in [0.4, 0.5) is 5.82 Å². The molecule has 2 aromatic carbocycles. The van der Waals surface area contributed by atoms with Crippen molar-refractivity contribution in [3.05, 3.63) is 95.4 Å². The molecule has 184 valence electrons. The van der Waals surface area contributed by atoms with E-state index in [-0.39, 0.29) is 24.0 Å². The van der Waals surface area contributed by atoms with Crippen LogP contribution in [0.3, 0.4) is 0 Å². The lowest BCUT2D eigenvalue weighted by Gasteiger charge is -2.15. The van der Waals surface area contributed by atoms with Gasteiger partial charge in [-0.2, -0.15) is 4.98 Å². The molecule has 4 rings (SSSR count). The minimum Gasteiger partial charge on any atom is -0.493 e. The van der Waals surface area contributed by atoms with Crippen molar-refractivity contribution in [1.82, 2.24) is 15.0 Å². The van der Waals surface area contributed by atoms with Crippen molar-refractivity contribution >= 4 is 11.6 Å². The van der Waals surface area contributed by atoms with E-state index < -0.39 is 0 Å². The number of carbonyl (C=O) groups is 1. The molecular weight excluding hydrogens is 460 g/mol. The second-order valence-electron chi connectivity index (χ2n) is 7.61. The first kappa shape index (κ1) is 24.5. The SMILES string of the molecule is COc1cc(C(=O)c2cnc(OCc3ccccn3)nc2NCc2ccccc2)cc(OC)c1OC. The fraction of sp³-hybridized carbons (Fsp3) is 0.185. The molecular formula is C27H26N4O5. The molecule has 9 heteroatoms. The summed E-state index contributed by atoms with van der Waals surface area (Å²) in [5, 5.41) is 3.24. The Balaban J connectivity index is 1.66. The standard InChI is InChI=1S/C27H26N4O5/c1-33-22-13-19(14-23(34-2)25(22)35-3)24(32)21-16-30-27(36-17-20-11-7-8-12-28-20)31-26(21)29-15-18-9-5-4-6-10-18/h4-14,16H,15,17H2,1-3H3,(H,29,30,31). The van der Waals surface area contributed by atoms with Gasteiger partial charge in [-0.3, -0.25) is 9.78 Å². The molecule has 9 nitrogen and oxygen atoms in total. The van der Waals surface area contributed by atoms with Crippen LogP contribution in [-0.4, -0.2) is 42.1 Å². The molecule has 2 heterocycles. The van der Waals surface area contributed by atoms with Gasteiger partial charge < -0.3 is 24.3 Å². The molecule has 4 aromatic rings. The van der Waals surface area contributed by atoms with E-state index >= 15 is 0 Å². The van der Waals surface area contributed by atoms with E-state index in [4.69, 9.17) is 18.9 Å². The van der Waals surface area contributed by atoms with Crippen molar-refractivity contribution < 1.29 is 23.7 Å². The predicted octanol–water partition coefficient (Wildman–Crippen LogP) is 4.32. The summed E-state index contributed by atoms with van der Waals surface area (Å²) in [6.07, 6.45) is 3.13. The highest BCUT2D eigenvalue weighted by molar-refractivity contribution is 6.12. The Morgan fingerprint density at radius 2 is 1.61 bits per heavy atom. The summed E-state index contributed by atoms with van der Waals surface area (Å²) >= 11 is 0. The molecule has 0 aliphatic rings. The minimum absolute atomic E-state index is 0.123. The van der Waals surface area contributed by atoms with Crippen molar-refractivity contribution in [3.8, 4) is 23.3 Å². The van der Waals surface area contributed by atoms with Crippen LogP contribution in [0, 0.1) is 0 Å². The summed E-state index contributed by atoms with van der Waals surface area (Å²) in [7, 11) is 4.50. The molecule has 2 aromatic heterocycles. The maximum Gasteiger partial charge on any atom is 0.318 e. The van der Waals surface area contributed by atoms with Crippen LogP contribution in [0.25, 0.3) is 0 Å². The quantitative estimate of drug-likeness (QED) is 0.310. The maximum absolute atomic E-state index is 13.6. The molecule has 0 bridgehead atoms. The molecule has 36 heavy (non-hydrogen) atoms. The van der Waals surface area contributed by atoms with Crippen LogP contribution in [0.2, 0.25) is 0 Å². The van der Waals surface area contributed by atoms with Crippen LogP contribution in [0.1, 0.15) is 27.2 Å². The van der Waals surface area contributed by atoms with Gasteiger partial charge in [0.05, 0.1) is 32.6 Å². The normalized spacial score (nSPS) is 10.4. The molecule has 0 fully saturated rings. The fourth-order valence-corrected chi connectivity index (χ4v) is 3.51. The Hall–Kier alpha value is -4.66. The number of nitrogens with one attached hydrogen (secondary N) is 1. The summed E-state index contributed by atoms with van der Waals surface area (Å²) in [5.41, 5.74) is 2.36. The van der Waals surface area contributed by atoms with Gasteiger partial charge in [-0.15, -0.1) is 0 Å². The lowest BCUT2D eigenvalue weighted by atomic mass is 10.0. The lowest BCUT2D eigenvalue weighted by Crippen LogP contribution is -2.12. The summed E-state index contributed by atoms with van der Waals surface area (Å²) in [5.74, 6) is 1.16. The van der Waals surface area contributed by atoms with Crippen molar-refractivity contribution in [2.24, 2.45) is 0 Å². The second-order valence-corrected chi connectivity index (χ2v) is 7.61. The van der Waals surface area contributed by atoms with Gasteiger partial charge in [0.25, 0.3) is 0 Å².